The largest absolute Gasteiger partial charge is 0.392 e. The first-order valence-electron chi connectivity index (χ1n) is 10.9. The topological polar surface area (TPSA) is 110 Å². The predicted molar refractivity (Wildman–Crippen MR) is 133 cm³/mol. The maximum Gasteiger partial charge on any atom is 0.148 e. The van der Waals surface area contributed by atoms with E-state index in [4.69, 9.17) is 17.0 Å². The number of anilines is 5. The Balaban J connectivity index is 1.57. The molecule has 8 nitrogen and oxygen atoms in total. The van der Waals surface area contributed by atoms with E-state index in [1.807, 2.05) is 19.9 Å². The fourth-order valence-electron chi connectivity index (χ4n) is 3.97. The van der Waals surface area contributed by atoms with Gasteiger partial charge in [-0.2, -0.15) is 0 Å². The average Bonchev–Trinajstić information content (AvgIpc) is 2.78. The van der Waals surface area contributed by atoms with Crippen LogP contribution in [0.4, 0.5) is 33.2 Å². The summed E-state index contributed by atoms with van der Waals surface area (Å²) in [5.74, 6) is 1.26. The van der Waals surface area contributed by atoms with Crippen LogP contribution >= 0.6 is 11.6 Å². The van der Waals surface area contributed by atoms with E-state index in [0.717, 1.165) is 12.0 Å². The van der Waals surface area contributed by atoms with Gasteiger partial charge in [-0.3, -0.25) is 0 Å². The fourth-order valence-corrected chi connectivity index (χ4v) is 4.28. The first kappa shape index (κ1) is 23.8. The number of piperidine rings is 1. The zero-order valence-corrected chi connectivity index (χ0v) is 20.0. The summed E-state index contributed by atoms with van der Waals surface area (Å²) in [4.78, 5) is 15.2. The molecule has 0 aliphatic carbocycles. The molecule has 0 amide bonds. The number of hydrogen-bond donors (Lipinski definition) is 4. The molecular weight excluding hydrogens is 457 g/mol. The van der Waals surface area contributed by atoms with Crippen LogP contribution in [-0.2, 0) is 0 Å². The quantitative estimate of drug-likeness (QED) is 0.363. The number of aromatic nitrogens is 3. The number of nitrogens with one attached hydrogen (secondary N) is 3. The van der Waals surface area contributed by atoms with Gasteiger partial charge in [-0.25, -0.2) is 19.3 Å². The van der Waals surface area contributed by atoms with Crippen molar-refractivity contribution in [3.05, 3.63) is 58.8 Å². The first-order chi connectivity index (χ1) is 16.2. The van der Waals surface area contributed by atoms with E-state index in [1.54, 1.807) is 19.1 Å². The summed E-state index contributed by atoms with van der Waals surface area (Å²) in [5.41, 5.74) is 1.54. The lowest BCUT2D eigenvalue weighted by atomic mass is 9.81. The molecule has 4 N–H and O–H groups in total. The molecule has 3 heterocycles. The van der Waals surface area contributed by atoms with Crippen LogP contribution in [-0.4, -0.2) is 45.5 Å². The number of nitrogens with zero attached hydrogens (tertiary/aromatic N) is 4. The van der Waals surface area contributed by atoms with E-state index in [-0.39, 0.29) is 22.2 Å². The van der Waals surface area contributed by atoms with Gasteiger partial charge in [0.2, 0.25) is 0 Å². The first-order valence-corrected chi connectivity index (χ1v) is 11.3. The number of aliphatic hydroxyl groups excluding tert-OH is 1. The standard InChI is InChI=1S/C24H27ClFN7O/c1-14-6-16(25)23(17(26)7-14)31-18-8-20(28-11-15(18)10-27)32-21-9-22(30-13-29-21)33-5-4-19(34)24(2,3)12-33/h6-11,13,19,27,34H,4-5,12H2,1-3H3,(H2,28,29,30,31,32). The van der Waals surface area contributed by atoms with Crippen LogP contribution in [0.25, 0.3) is 0 Å². The smallest absolute Gasteiger partial charge is 0.148 e. The molecule has 178 valence electrons. The molecule has 1 fully saturated rings. The SMILES string of the molecule is Cc1cc(F)c(Nc2cc(Nc3cc(N4CCC(O)C(C)(C)C4)ncn3)ncc2C=N)c(Cl)c1. The third-order valence-corrected chi connectivity index (χ3v) is 6.24. The Morgan fingerprint density at radius 1 is 1.18 bits per heavy atom. The van der Waals surface area contributed by atoms with Crippen molar-refractivity contribution >= 4 is 46.6 Å². The van der Waals surface area contributed by atoms with Gasteiger partial charge in [0, 0.05) is 48.6 Å². The lowest BCUT2D eigenvalue weighted by Crippen LogP contribution is -2.49. The van der Waals surface area contributed by atoms with Crippen molar-refractivity contribution in [1.82, 2.24) is 15.0 Å². The van der Waals surface area contributed by atoms with Gasteiger partial charge in [-0.15, -0.1) is 0 Å². The normalized spacial score (nSPS) is 17.4. The molecule has 4 rings (SSSR count). The number of hydrogen-bond acceptors (Lipinski definition) is 8. The van der Waals surface area contributed by atoms with Gasteiger partial charge in [0.05, 0.1) is 22.5 Å². The maximum atomic E-state index is 14.5. The second kappa shape index (κ2) is 9.52. The Kier molecular flexibility index (Phi) is 6.67. The van der Waals surface area contributed by atoms with Gasteiger partial charge in [-0.05, 0) is 31.0 Å². The minimum Gasteiger partial charge on any atom is -0.392 e. The van der Waals surface area contributed by atoms with Crippen LogP contribution in [0.5, 0.6) is 0 Å². The molecule has 2 aromatic heterocycles. The molecule has 1 aliphatic heterocycles. The molecule has 0 saturated carbocycles. The molecule has 10 heteroatoms. The maximum absolute atomic E-state index is 14.5. The van der Waals surface area contributed by atoms with Crippen LogP contribution in [0, 0.1) is 23.6 Å². The summed E-state index contributed by atoms with van der Waals surface area (Å²) < 4.78 is 14.5. The van der Waals surface area contributed by atoms with Crippen molar-refractivity contribution in [2.24, 2.45) is 5.41 Å². The second-order valence-electron chi connectivity index (χ2n) is 9.13. The molecule has 1 atom stereocenters. The highest BCUT2D eigenvalue weighted by Gasteiger charge is 2.35. The molecular formula is C24H27ClFN7O. The number of benzene rings is 1. The minimum atomic E-state index is -0.484. The number of aryl methyl sites for hydroxylation is 1. The molecule has 34 heavy (non-hydrogen) atoms. The van der Waals surface area contributed by atoms with Gasteiger partial charge in [0.1, 0.15) is 29.6 Å². The summed E-state index contributed by atoms with van der Waals surface area (Å²) in [6.07, 6.45) is 4.43. The van der Waals surface area contributed by atoms with Crippen LogP contribution in [0.15, 0.2) is 36.8 Å². The molecule has 3 aromatic rings. The van der Waals surface area contributed by atoms with Crippen LogP contribution < -0.4 is 15.5 Å². The van der Waals surface area contributed by atoms with Crippen LogP contribution in [0.3, 0.4) is 0 Å². The van der Waals surface area contributed by atoms with Crippen LogP contribution in [0.2, 0.25) is 5.02 Å². The van der Waals surface area contributed by atoms with E-state index >= 15 is 0 Å². The second-order valence-corrected chi connectivity index (χ2v) is 9.54. The predicted octanol–water partition coefficient (Wildman–Crippen LogP) is 5.05. The Labute approximate surface area is 202 Å². The third-order valence-electron chi connectivity index (χ3n) is 5.94. The van der Waals surface area contributed by atoms with Crippen LogP contribution in [0.1, 0.15) is 31.4 Å². The lowest BCUT2D eigenvalue weighted by molar-refractivity contribution is 0.0334. The van der Waals surface area contributed by atoms with E-state index in [1.165, 1.54) is 18.6 Å². The zero-order chi connectivity index (χ0) is 24.5. The highest BCUT2D eigenvalue weighted by Crippen LogP contribution is 2.33. The van der Waals surface area contributed by atoms with E-state index in [9.17, 15) is 9.50 Å². The number of halogens is 2. The summed E-state index contributed by atoms with van der Waals surface area (Å²) in [5, 5.41) is 24.3. The van der Waals surface area contributed by atoms with E-state index in [2.05, 4.69) is 30.5 Å². The number of rotatable bonds is 6. The van der Waals surface area contributed by atoms with Crippen molar-refractivity contribution in [1.29, 1.82) is 5.41 Å². The summed E-state index contributed by atoms with van der Waals surface area (Å²) in [6, 6.07) is 6.55. The third kappa shape index (κ3) is 5.10. The van der Waals surface area contributed by atoms with E-state index in [0.29, 0.717) is 48.0 Å². The zero-order valence-electron chi connectivity index (χ0n) is 19.2. The molecule has 1 saturated heterocycles. The number of pyridine rings is 1. The molecule has 1 aromatic carbocycles. The minimum absolute atomic E-state index is 0.131. The molecule has 0 spiro atoms. The Hall–Kier alpha value is -3.30. The fraction of sp³-hybridized carbons (Fsp3) is 0.333. The summed E-state index contributed by atoms with van der Waals surface area (Å²) in [6.45, 7) is 7.21. The van der Waals surface area contributed by atoms with Crippen molar-refractivity contribution in [2.75, 3.05) is 28.6 Å². The van der Waals surface area contributed by atoms with Gasteiger partial charge in [0.15, 0.2) is 0 Å². The Morgan fingerprint density at radius 2 is 1.94 bits per heavy atom. The van der Waals surface area contributed by atoms with E-state index < -0.39 is 5.82 Å². The van der Waals surface area contributed by atoms with Gasteiger partial charge in [-0.1, -0.05) is 25.4 Å². The van der Waals surface area contributed by atoms with Gasteiger partial charge < -0.3 is 26.0 Å². The highest BCUT2D eigenvalue weighted by molar-refractivity contribution is 6.33. The Morgan fingerprint density at radius 3 is 2.65 bits per heavy atom. The van der Waals surface area contributed by atoms with Crippen molar-refractivity contribution in [3.63, 3.8) is 0 Å². The lowest BCUT2D eigenvalue weighted by Gasteiger charge is -2.42. The summed E-state index contributed by atoms with van der Waals surface area (Å²) >= 11 is 6.24. The van der Waals surface area contributed by atoms with Gasteiger partial charge >= 0.3 is 0 Å². The van der Waals surface area contributed by atoms with Crippen molar-refractivity contribution < 1.29 is 9.50 Å². The van der Waals surface area contributed by atoms with Crippen molar-refractivity contribution in [3.8, 4) is 0 Å². The molecule has 1 aliphatic rings. The number of aliphatic hydroxyl groups is 1. The molecule has 0 bridgehead atoms. The van der Waals surface area contributed by atoms with Crippen molar-refractivity contribution in [2.45, 2.75) is 33.3 Å². The monoisotopic (exact) mass is 483 g/mol. The van der Waals surface area contributed by atoms with Gasteiger partial charge in [0.25, 0.3) is 0 Å². The summed E-state index contributed by atoms with van der Waals surface area (Å²) in [7, 11) is 0. The molecule has 0 radical (unpaired) electrons. The highest BCUT2D eigenvalue weighted by atomic mass is 35.5. The Bertz CT molecular complexity index is 1200. The molecule has 1 unspecified atom stereocenters. The average molecular weight is 484 g/mol.